The Hall–Kier alpha value is -2.75. The molecule has 0 aliphatic carbocycles. The minimum Gasteiger partial charge on any atom is -0.471 e. The fraction of sp³-hybridized carbons (Fsp3) is 0.278. The number of hydrogen-bond donors (Lipinski definition) is 1. The standard InChI is InChI=1S/C18H18BrF2N5O2/c1-11-7-16(17(20)21)24-26(11)12(2)18(27)23-14-8-22-25(9-14)10-28-15-5-3-13(19)4-6-15/h3-9,12,17H,10H2,1-2H3,(H,23,27). The van der Waals surface area contributed by atoms with Gasteiger partial charge in [0.2, 0.25) is 5.91 Å². The maximum atomic E-state index is 12.8. The molecule has 0 bridgehead atoms. The zero-order valence-corrected chi connectivity index (χ0v) is 16.7. The van der Waals surface area contributed by atoms with Gasteiger partial charge in [0, 0.05) is 10.2 Å². The van der Waals surface area contributed by atoms with E-state index in [1.54, 1.807) is 20.0 Å². The third kappa shape index (κ3) is 4.75. The molecule has 10 heteroatoms. The van der Waals surface area contributed by atoms with E-state index in [0.29, 0.717) is 17.1 Å². The first-order valence-corrected chi connectivity index (χ1v) is 9.18. The van der Waals surface area contributed by atoms with Gasteiger partial charge < -0.3 is 10.1 Å². The van der Waals surface area contributed by atoms with Gasteiger partial charge in [0.05, 0.1) is 18.1 Å². The second-order valence-electron chi connectivity index (χ2n) is 6.12. The van der Waals surface area contributed by atoms with E-state index in [0.717, 1.165) is 4.47 Å². The predicted octanol–water partition coefficient (Wildman–Crippen LogP) is 4.32. The summed E-state index contributed by atoms with van der Waals surface area (Å²) >= 11 is 3.35. The fourth-order valence-electron chi connectivity index (χ4n) is 2.54. The Morgan fingerprint density at radius 1 is 1.32 bits per heavy atom. The van der Waals surface area contributed by atoms with Gasteiger partial charge in [-0.25, -0.2) is 13.5 Å². The Kier molecular flexibility index (Phi) is 6.08. The monoisotopic (exact) mass is 453 g/mol. The number of anilines is 1. The molecule has 0 fully saturated rings. The Morgan fingerprint density at radius 2 is 2.04 bits per heavy atom. The summed E-state index contributed by atoms with van der Waals surface area (Å²) < 4.78 is 34.9. The van der Waals surface area contributed by atoms with Crippen molar-refractivity contribution in [3.8, 4) is 5.75 Å². The van der Waals surface area contributed by atoms with Gasteiger partial charge in [0.15, 0.2) is 6.73 Å². The van der Waals surface area contributed by atoms with Crippen molar-refractivity contribution in [2.24, 2.45) is 0 Å². The molecule has 3 rings (SSSR count). The summed E-state index contributed by atoms with van der Waals surface area (Å²) in [6.07, 6.45) is 0.416. The number of alkyl halides is 2. The van der Waals surface area contributed by atoms with Gasteiger partial charge in [0.25, 0.3) is 6.43 Å². The number of amides is 1. The molecule has 7 nitrogen and oxygen atoms in total. The predicted molar refractivity (Wildman–Crippen MR) is 102 cm³/mol. The highest BCUT2D eigenvalue weighted by Gasteiger charge is 2.21. The molecule has 0 aliphatic rings. The highest BCUT2D eigenvalue weighted by molar-refractivity contribution is 9.10. The topological polar surface area (TPSA) is 74.0 Å². The van der Waals surface area contributed by atoms with E-state index in [9.17, 15) is 13.6 Å². The molecule has 1 N–H and O–H groups in total. The highest BCUT2D eigenvalue weighted by atomic mass is 79.9. The van der Waals surface area contributed by atoms with Crippen molar-refractivity contribution in [3.05, 3.63) is 58.6 Å². The Bertz CT molecular complexity index is 955. The average molecular weight is 454 g/mol. The van der Waals surface area contributed by atoms with Gasteiger partial charge in [0.1, 0.15) is 17.5 Å². The number of rotatable bonds is 7. The summed E-state index contributed by atoms with van der Waals surface area (Å²) in [5.41, 5.74) is 0.599. The van der Waals surface area contributed by atoms with E-state index in [2.05, 4.69) is 31.4 Å². The van der Waals surface area contributed by atoms with Crippen LogP contribution in [0.25, 0.3) is 0 Å². The number of nitrogens with one attached hydrogen (secondary N) is 1. The molecule has 0 saturated carbocycles. The number of aryl methyl sites for hydroxylation is 1. The normalized spacial score (nSPS) is 12.2. The van der Waals surface area contributed by atoms with Crippen molar-refractivity contribution in [1.29, 1.82) is 0 Å². The van der Waals surface area contributed by atoms with Crippen LogP contribution >= 0.6 is 15.9 Å². The summed E-state index contributed by atoms with van der Waals surface area (Å²) in [7, 11) is 0. The minimum absolute atomic E-state index is 0.170. The zero-order chi connectivity index (χ0) is 20.3. The van der Waals surface area contributed by atoms with Crippen LogP contribution < -0.4 is 10.1 Å². The van der Waals surface area contributed by atoms with E-state index in [4.69, 9.17) is 4.74 Å². The lowest BCUT2D eigenvalue weighted by atomic mass is 10.3. The summed E-state index contributed by atoms with van der Waals surface area (Å²) in [5, 5.41) is 10.6. The fourth-order valence-corrected chi connectivity index (χ4v) is 2.80. The smallest absolute Gasteiger partial charge is 0.282 e. The van der Waals surface area contributed by atoms with Crippen LogP contribution in [0.2, 0.25) is 0 Å². The summed E-state index contributed by atoms with van der Waals surface area (Å²) in [5.74, 6) is 0.294. The van der Waals surface area contributed by atoms with Crippen LogP contribution in [0.1, 0.15) is 30.8 Å². The molecule has 1 aromatic carbocycles. The van der Waals surface area contributed by atoms with Crippen LogP contribution in [-0.2, 0) is 11.5 Å². The van der Waals surface area contributed by atoms with E-state index in [-0.39, 0.29) is 18.3 Å². The van der Waals surface area contributed by atoms with E-state index >= 15 is 0 Å². The number of halogens is 3. The number of ether oxygens (including phenoxy) is 1. The Morgan fingerprint density at radius 3 is 2.68 bits per heavy atom. The van der Waals surface area contributed by atoms with E-state index in [1.807, 2.05) is 24.3 Å². The molecule has 2 heterocycles. The molecule has 0 spiro atoms. The first kappa shape index (κ1) is 20.0. The largest absolute Gasteiger partial charge is 0.471 e. The molecule has 0 aliphatic heterocycles. The van der Waals surface area contributed by atoms with Crippen LogP contribution in [0.4, 0.5) is 14.5 Å². The summed E-state index contributed by atoms with van der Waals surface area (Å²) in [4.78, 5) is 12.4. The number of carbonyl (C=O) groups is 1. The highest BCUT2D eigenvalue weighted by Crippen LogP contribution is 2.21. The van der Waals surface area contributed by atoms with E-state index < -0.39 is 12.5 Å². The van der Waals surface area contributed by atoms with Crippen molar-refractivity contribution >= 4 is 27.5 Å². The molecule has 0 saturated heterocycles. The molecule has 148 valence electrons. The van der Waals surface area contributed by atoms with E-state index in [1.165, 1.54) is 21.6 Å². The number of benzene rings is 1. The van der Waals surface area contributed by atoms with Crippen LogP contribution in [0.3, 0.4) is 0 Å². The molecule has 3 aromatic rings. The Balaban J connectivity index is 1.59. The van der Waals surface area contributed by atoms with Crippen LogP contribution in [-0.4, -0.2) is 25.5 Å². The lowest BCUT2D eigenvalue weighted by Gasteiger charge is -2.13. The van der Waals surface area contributed by atoms with Crippen molar-refractivity contribution in [2.45, 2.75) is 33.0 Å². The second-order valence-corrected chi connectivity index (χ2v) is 7.03. The van der Waals surface area contributed by atoms with Crippen LogP contribution in [0.5, 0.6) is 5.75 Å². The number of hydrogen-bond acceptors (Lipinski definition) is 4. The SMILES string of the molecule is Cc1cc(C(F)F)nn1C(C)C(=O)Nc1cnn(COc2ccc(Br)cc2)c1. The minimum atomic E-state index is -2.68. The maximum absolute atomic E-state index is 12.8. The van der Waals surface area contributed by atoms with Gasteiger partial charge in [-0.1, -0.05) is 15.9 Å². The molecule has 28 heavy (non-hydrogen) atoms. The number of nitrogens with zero attached hydrogens (tertiary/aromatic N) is 4. The maximum Gasteiger partial charge on any atom is 0.282 e. The van der Waals surface area contributed by atoms with Gasteiger partial charge in [-0.15, -0.1) is 0 Å². The molecule has 1 amide bonds. The van der Waals surface area contributed by atoms with Crippen LogP contribution in [0, 0.1) is 6.92 Å². The summed E-state index contributed by atoms with van der Waals surface area (Å²) in [6.45, 7) is 3.38. The third-order valence-electron chi connectivity index (χ3n) is 3.99. The third-order valence-corrected chi connectivity index (χ3v) is 4.52. The first-order valence-electron chi connectivity index (χ1n) is 8.39. The van der Waals surface area contributed by atoms with Crippen molar-refractivity contribution in [1.82, 2.24) is 19.6 Å². The summed E-state index contributed by atoms with van der Waals surface area (Å²) in [6, 6.07) is 7.88. The van der Waals surface area contributed by atoms with Gasteiger partial charge in [-0.2, -0.15) is 10.2 Å². The molecular weight excluding hydrogens is 436 g/mol. The van der Waals surface area contributed by atoms with Gasteiger partial charge in [-0.05, 0) is 44.2 Å². The molecule has 2 aromatic heterocycles. The van der Waals surface area contributed by atoms with Crippen LogP contribution in [0.15, 0.2) is 47.2 Å². The number of carbonyl (C=O) groups excluding carboxylic acids is 1. The van der Waals surface area contributed by atoms with Crippen molar-refractivity contribution < 1.29 is 18.3 Å². The lowest BCUT2D eigenvalue weighted by molar-refractivity contribution is -0.119. The average Bonchev–Trinajstić information content (AvgIpc) is 3.27. The van der Waals surface area contributed by atoms with Gasteiger partial charge in [-0.3, -0.25) is 9.48 Å². The van der Waals surface area contributed by atoms with Crippen molar-refractivity contribution in [2.75, 3.05) is 5.32 Å². The molecule has 1 unspecified atom stereocenters. The molecule has 0 radical (unpaired) electrons. The second kappa shape index (κ2) is 8.51. The van der Waals surface area contributed by atoms with Gasteiger partial charge >= 0.3 is 0 Å². The first-order chi connectivity index (χ1) is 13.3. The quantitative estimate of drug-likeness (QED) is 0.577. The number of aromatic nitrogens is 4. The zero-order valence-electron chi connectivity index (χ0n) is 15.1. The van der Waals surface area contributed by atoms with Crippen molar-refractivity contribution in [3.63, 3.8) is 0 Å². The molecular formula is C18H18BrF2N5O2. The lowest BCUT2D eigenvalue weighted by Crippen LogP contribution is -2.25. The Labute approximate surface area is 168 Å². The molecule has 1 atom stereocenters.